The number of hydrogen-bond donors (Lipinski definition) is 0. The van der Waals surface area contributed by atoms with Crippen LogP contribution >= 0.6 is 15.9 Å². The Hall–Kier alpha value is -0.820. The first-order valence-corrected chi connectivity index (χ1v) is 6.77. The lowest BCUT2D eigenvalue weighted by atomic mass is 10.4. The van der Waals surface area contributed by atoms with E-state index in [1.165, 1.54) is 19.3 Å². The number of ketones is 1. The fraction of sp³-hybridized carbons (Fsp3) is 0.375. The van der Waals surface area contributed by atoms with E-state index in [9.17, 15) is 13.2 Å². The van der Waals surface area contributed by atoms with Crippen molar-refractivity contribution in [3.05, 3.63) is 22.7 Å². The molecule has 0 aliphatic heterocycles. The van der Waals surface area contributed by atoms with Gasteiger partial charge in [-0.2, -0.15) is 0 Å². The van der Waals surface area contributed by atoms with Crippen LogP contribution in [-0.2, 0) is 9.84 Å². The zero-order valence-corrected chi connectivity index (χ0v) is 10.4. The Balaban J connectivity index is 2.83. The van der Waals surface area contributed by atoms with Crippen LogP contribution in [0.5, 0.6) is 0 Å². The zero-order valence-electron chi connectivity index (χ0n) is 7.97. The Labute approximate surface area is 96.0 Å². The second-order valence-electron chi connectivity index (χ2n) is 2.82. The number of carbonyl (C=O) groups is 1. The Morgan fingerprint density at radius 3 is 2.40 bits per heavy atom. The van der Waals surface area contributed by atoms with Gasteiger partial charge in [0.25, 0.3) is 0 Å². The summed E-state index contributed by atoms with van der Waals surface area (Å²) in [4.78, 5) is 18.9. The SMILES string of the molecule is CCS(=O)(=O)CC(=O)c1ncc(Br)cn1. The molecule has 1 heterocycles. The largest absolute Gasteiger partial charge is 0.289 e. The maximum atomic E-state index is 11.4. The van der Waals surface area contributed by atoms with Gasteiger partial charge in [0, 0.05) is 18.1 Å². The first-order chi connectivity index (χ1) is 6.94. The summed E-state index contributed by atoms with van der Waals surface area (Å²) >= 11 is 3.12. The third-order valence-electron chi connectivity index (χ3n) is 1.66. The molecular formula is C8H9BrN2O3S. The van der Waals surface area contributed by atoms with Crippen molar-refractivity contribution in [3.63, 3.8) is 0 Å². The summed E-state index contributed by atoms with van der Waals surface area (Å²) in [5.74, 6) is -1.25. The molecule has 0 radical (unpaired) electrons. The lowest BCUT2D eigenvalue weighted by Crippen LogP contribution is -2.19. The molecule has 15 heavy (non-hydrogen) atoms. The van der Waals surface area contributed by atoms with Crippen molar-refractivity contribution in [1.82, 2.24) is 9.97 Å². The molecule has 0 N–H and O–H groups in total. The van der Waals surface area contributed by atoms with Crippen LogP contribution in [-0.4, -0.2) is 35.7 Å². The van der Waals surface area contributed by atoms with E-state index in [1.807, 2.05) is 0 Å². The number of sulfone groups is 1. The molecule has 0 saturated heterocycles. The van der Waals surface area contributed by atoms with Crippen LogP contribution in [0, 0.1) is 0 Å². The van der Waals surface area contributed by atoms with Crippen LogP contribution in [0.1, 0.15) is 17.5 Å². The van der Waals surface area contributed by atoms with Crippen LogP contribution in [0.2, 0.25) is 0 Å². The quantitative estimate of drug-likeness (QED) is 0.769. The number of carbonyl (C=O) groups excluding carboxylic acids is 1. The van der Waals surface area contributed by atoms with Gasteiger partial charge in [0.1, 0.15) is 5.75 Å². The average molecular weight is 293 g/mol. The first-order valence-electron chi connectivity index (χ1n) is 4.16. The van der Waals surface area contributed by atoms with E-state index in [1.54, 1.807) is 0 Å². The lowest BCUT2D eigenvalue weighted by molar-refractivity contribution is 0.101. The topological polar surface area (TPSA) is 77.0 Å². The van der Waals surface area contributed by atoms with Crippen molar-refractivity contribution in [2.75, 3.05) is 11.5 Å². The second kappa shape index (κ2) is 4.80. The molecule has 1 aromatic rings. The van der Waals surface area contributed by atoms with E-state index in [2.05, 4.69) is 25.9 Å². The molecule has 7 heteroatoms. The van der Waals surface area contributed by atoms with E-state index in [4.69, 9.17) is 0 Å². The Kier molecular flexibility index (Phi) is 3.92. The van der Waals surface area contributed by atoms with Gasteiger partial charge in [-0.05, 0) is 15.9 Å². The van der Waals surface area contributed by atoms with Crippen molar-refractivity contribution in [2.45, 2.75) is 6.92 Å². The van der Waals surface area contributed by atoms with E-state index in [0.29, 0.717) is 4.47 Å². The molecule has 0 amide bonds. The second-order valence-corrected chi connectivity index (χ2v) is 6.09. The zero-order chi connectivity index (χ0) is 11.5. The molecule has 82 valence electrons. The van der Waals surface area contributed by atoms with Gasteiger partial charge in [0.05, 0.1) is 4.47 Å². The molecule has 0 bridgehead atoms. The Bertz CT molecular complexity index is 455. The molecule has 0 spiro atoms. The van der Waals surface area contributed by atoms with Crippen molar-refractivity contribution < 1.29 is 13.2 Å². The number of nitrogens with zero attached hydrogens (tertiary/aromatic N) is 2. The molecule has 0 fully saturated rings. The average Bonchev–Trinajstić information content (AvgIpc) is 2.18. The van der Waals surface area contributed by atoms with Crippen LogP contribution in [0.25, 0.3) is 0 Å². The third-order valence-corrected chi connectivity index (χ3v) is 3.65. The van der Waals surface area contributed by atoms with Gasteiger partial charge in [-0.1, -0.05) is 6.92 Å². The van der Waals surface area contributed by atoms with Gasteiger partial charge < -0.3 is 0 Å². The highest BCUT2D eigenvalue weighted by Gasteiger charge is 2.17. The van der Waals surface area contributed by atoms with Gasteiger partial charge >= 0.3 is 0 Å². The van der Waals surface area contributed by atoms with Gasteiger partial charge in [-0.25, -0.2) is 18.4 Å². The summed E-state index contributed by atoms with van der Waals surface area (Å²) in [6.07, 6.45) is 2.80. The smallest absolute Gasteiger partial charge is 0.215 e. The van der Waals surface area contributed by atoms with E-state index < -0.39 is 21.4 Å². The fourth-order valence-corrected chi connectivity index (χ4v) is 1.76. The number of aromatic nitrogens is 2. The van der Waals surface area contributed by atoms with Crippen molar-refractivity contribution in [1.29, 1.82) is 0 Å². The molecule has 5 nitrogen and oxygen atoms in total. The highest BCUT2D eigenvalue weighted by atomic mass is 79.9. The Morgan fingerprint density at radius 2 is 1.93 bits per heavy atom. The normalized spacial score (nSPS) is 11.3. The van der Waals surface area contributed by atoms with Gasteiger partial charge in [0.2, 0.25) is 5.78 Å². The maximum Gasteiger partial charge on any atom is 0.215 e. The highest BCUT2D eigenvalue weighted by Crippen LogP contribution is 2.05. The van der Waals surface area contributed by atoms with Crippen molar-refractivity contribution >= 4 is 31.6 Å². The van der Waals surface area contributed by atoms with Crippen molar-refractivity contribution in [3.8, 4) is 0 Å². The van der Waals surface area contributed by atoms with Crippen LogP contribution in [0.15, 0.2) is 16.9 Å². The van der Waals surface area contributed by atoms with Gasteiger partial charge in [-0.15, -0.1) is 0 Å². The molecule has 0 atom stereocenters. The predicted molar refractivity (Wildman–Crippen MR) is 58.4 cm³/mol. The molecule has 0 aromatic carbocycles. The Morgan fingerprint density at radius 1 is 1.40 bits per heavy atom. The number of Topliss-reactive ketones (excluding diaryl/α,β-unsaturated/α-hetero) is 1. The molecular weight excluding hydrogens is 284 g/mol. The predicted octanol–water partition coefficient (Wildman–Crippen LogP) is 0.857. The van der Waals surface area contributed by atoms with Crippen LogP contribution in [0.3, 0.4) is 0 Å². The summed E-state index contributed by atoms with van der Waals surface area (Å²) < 4.78 is 23.0. The first kappa shape index (κ1) is 12.3. The van der Waals surface area contributed by atoms with E-state index >= 15 is 0 Å². The monoisotopic (exact) mass is 292 g/mol. The molecule has 1 aromatic heterocycles. The minimum atomic E-state index is -3.32. The van der Waals surface area contributed by atoms with E-state index in [-0.39, 0.29) is 11.6 Å². The van der Waals surface area contributed by atoms with Crippen molar-refractivity contribution in [2.24, 2.45) is 0 Å². The van der Waals surface area contributed by atoms with E-state index in [0.717, 1.165) is 0 Å². The molecule has 1 rings (SSSR count). The molecule has 0 unspecified atom stereocenters. The summed E-state index contributed by atoms with van der Waals surface area (Å²) in [5, 5.41) is 0. The standard InChI is InChI=1S/C8H9BrN2O3S/c1-2-15(13,14)5-7(12)8-10-3-6(9)4-11-8/h3-4H,2,5H2,1H3. The summed E-state index contributed by atoms with van der Waals surface area (Å²) in [6, 6.07) is 0. The van der Waals surface area contributed by atoms with Crippen LogP contribution < -0.4 is 0 Å². The summed E-state index contributed by atoms with van der Waals surface area (Å²) in [6.45, 7) is 1.49. The van der Waals surface area contributed by atoms with Gasteiger partial charge in [-0.3, -0.25) is 4.79 Å². The van der Waals surface area contributed by atoms with Crippen LogP contribution in [0.4, 0.5) is 0 Å². The summed E-state index contributed by atoms with van der Waals surface area (Å²) in [7, 11) is -3.32. The minimum Gasteiger partial charge on any atom is -0.289 e. The molecule has 0 aliphatic rings. The van der Waals surface area contributed by atoms with Gasteiger partial charge in [0.15, 0.2) is 15.7 Å². The summed E-state index contributed by atoms with van der Waals surface area (Å²) in [5.41, 5.74) is 0. The third kappa shape index (κ3) is 3.67. The number of rotatable bonds is 4. The molecule has 0 saturated carbocycles. The minimum absolute atomic E-state index is 0.0602. The lowest BCUT2D eigenvalue weighted by Gasteiger charge is -1.99. The maximum absolute atomic E-state index is 11.4. The number of halogens is 1. The molecule has 0 aliphatic carbocycles. The number of hydrogen-bond acceptors (Lipinski definition) is 5. The fourth-order valence-electron chi connectivity index (χ4n) is 0.823. The highest BCUT2D eigenvalue weighted by molar-refractivity contribution is 9.10.